The molecule has 1 aliphatic heterocycles. The molecular formula is C18H22ClFN4O2S. The number of aryl methyl sites for hydroxylation is 1. The summed E-state index contributed by atoms with van der Waals surface area (Å²) in [7, 11) is -1.54. The van der Waals surface area contributed by atoms with E-state index in [1.807, 2.05) is 13.8 Å². The van der Waals surface area contributed by atoms with Crippen LogP contribution in [0.5, 0.6) is 0 Å². The molecule has 0 radical (unpaired) electrons. The molecule has 1 amide bonds. The maximum atomic E-state index is 13.3. The molecule has 1 aliphatic rings. The van der Waals surface area contributed by atoms with Crippen LogP contribution >= 0.6 is 11.6 Å². The van der Waals surface area contributed by atoms with Crippen LogP contribution in [0.25, 0.3) is 0 Å². The van der Waals surface area contributed by atoms with Gasteiger partial charge in [-0.3, -0.25) is 4.79 Å². The van der Waals surface area contributed by atoms with Crippen molar-refractivity contribution < 1.29 is 13.4 Å². The fraction of sp³-hybridized carbons (Fsp3) is 0.389. The Morgan fingerprint density at radius 3 is 2.81 bits per heavy atom. The molecule has 9 heteroatoms. The number of aromatic nitrogens is 1. The van der Waals surface area contributed by atoms with E-state index in [9.17, 15) is 13.4 Å². The number of nitrogens with one attached hydrogen (secondary N) is 3. The Kier molecular flexibility index (Phi) is 5.33. The van der Waals surface area contributed by atoms with E-state index < -0.39 is 21.6 Å². The molecule has 6 nitrogen and oxygen atoms in total. The van der Waals surface area contributed by atoms with Gasteiger partial charge in [0.15, 0.2) is 0 Å². The number of hydrogen-bond acceptors (Lipinski definition) is 3. The van der Waals surface area contributed by atoms with Crippen molar-refractivity contribution in [3.63, 3.8) is 0 Å². The second kappa shape index (κ2) is 7.26. The summed E-state index contributed by atoms with van der Waals surface area (Å²) in [5.74, 6) is -0.769. The van der Waals surface area contributed by atoms with Gasteiger partial charge in [-0.05, 0) is 37.0 Å². The molecule has 146 valence electrons. The number of rotatable bonds is 3. The number of hydrogen-bond donors (Lipinski definition) is 3. The number of halogens is 2. The van der Waals surface area contributed by atoms with Crippen LogP contribution in [-0.4, -0.2) is 20.7 Å². The fourth-order valence-corrected chi connectivity index (χ4v) is 5.28. The van der Waals surface area contributed by atoms with Gasteiger partial charge in [0.25, 0.3) is 5.91 Å². The van der Waals surface area contributed by atoms with Crippen LogP contribution < -0.4 is 10.0 Å². The largest absolute Gasteiger partial charge is 0.345 e. The first kappa shape index (κ1) is 19.9. The Labute approximate surface area is 163 Å². The van der Waals surface area contributed by atoms with Crippen molar-refractivity contribution in [3.05, 3.63) is 46.5 Å². The van der Waals surface area contributed by atoms with Gasteiger partial charge >= 0.3 is 0 Å². The first-order valence-corrected chi connectivity index (χ1v) is 10.5. The van der Waals surface area contributed by atoms with Gasteiger partial charge in [0.1, 0.15) is 21.4 Å². The summed E-state index contributed by atoms with van der Waals surface area (Å²) >= 11 is 5.77. The highest BCUT2D eigenvalue weighted by Crippen LogP contribution is 2.30. The lowest BCUT2D eigenvalue weighted by Crippen LogP contribution is -2.36. The number of anilines is 1. The monoisotopic (exact) mass is 412 g/mol. The Bertz CT molecular complexity index is 1000. The zero-order valence-electron chi connectivity index (χ0n) is 15.3. The van der Waals surface area contributed by atoms with Crippen LogP contribution in [0.15, 0.2) is 29.3 Å². The maximum absolute atomic E-state index is 13.3. The average Bonchev–Trinajstić information content (AvgIpc) is 2.85. The third-order valence-corrected chi connectivity index (χ3v) is 6.67. The summed E-state index contributed by atoms with van der Waals surface area (Å²) < 4.78 is 39.1. The molecular weight excluding hydrogens is 391 g/mol. The number of nitrogens with zero attached hydrogens (tertiary/aromatic N) is 1. The molecule has 1 unspecified atom stereocenters. The molecule has 0 saturated carbocycles. The van der Waals surface area contributed by atoms with Gasteiger partial charge in [-0.1, -0.05) is 25.4 Å². The average molecular weight is 413 g/mol. The Morgan fingerprint density at radius 2 is 2.19 bits per heavy atom. The van der Waals surface area contributed by atoms with Crippen molar-refractivity contribution in [2.24, 2.45) is 13.0 Å². The van der Waals surface area contributed by atoms with Crippen LogP contribution in [0, 0.1) is 16.5 Å². The van der Waals surface area contributed by atoms with Crippen molar-refractivity contribution in [1.82, 2.24) is 9.29 Å². The predicted molar refractivity (Wildman–Crippen MR) is 104 cm³/mol. The maximum Gasteiger partial charge on any atom is 0.272 e. The van der Waals surface area contributed by atoms with Crippen molar-refractivity contribution in [3.8, 4) is 0 Å². The van der Waals surface area contributed by atoms with E-state index >= 15 is 0 Å². The predicted octanol–water partition coefficient (Wildman–Crippen LogP) is 3.95. The van der Waals surface area contributed by atoms with E-state index in [0.29, 0.717) is 34.7 Å². The molecule has 1 aromatic heterocycles. The standard InChI is InChI=1S/C18H22ClFN4O2S/c1-10(2)15-7-5-12-16(27(21,26)23-15)9-24(3)17(12)18(25)22-11-4-6-14(20)13(19)8-11/h4,6,8-10,15H,5,7H2,1-3H3,(H,22,25)(H2,21,23,26)/t15-,27?/m1/s1. The minimum atomic E-state index is -3.21. The first-order valence-electron chi connectivity index (χ1n) is 8.61. The lowest BCUT2D eigenvalue weighted by molar-refractivity contribution is 0.101. The van der Waals surface area contributed by atoms with E-state index in [0.717, 1.165) is 0 Å². The molecule has 2 heterocycles. The third kappa shape index (κ3) is 3.88. The lowest BCUT2D eigenvalue weighted by atomic mass is 9.97. The second-order valence-electron chi connectivity index (χ2n) is 7.08. The molecule has 0 bridgehead atoms. The zero-order valence-corrected chi connectivity index (χ0v) is 16.9. The highest BCUT2D eigenvalue weighted by Gasteiger charge is 2.31. The SMILES string of the molecule is CC(C)[C@H]1CCc2c(cn(C)c2C(=O)Nc2ccc(F)c(Cl)c2)S(=N)(=O)N1. The van der Waals surface area contributed by atoms with Gasteiger partial charge in [0, 0.05) is 30.5 Å². The summed E-state index contributed by atoms with van der Waals surface area (Å²) in [6, 6.07) is 3.86. The number of benzene rings is 1. The van der Waals surface area contributed by atoms with E-state index in [1.54, 1.807) is 17.8 Å². The summed E-state index contributed by atoms with van der Waals surface area (Å²) in [6.07, 6.45) is 2.79. The van der Waals surface area contributed by atoms with Crippen molar-refractivity contribution in [1.29, 1.82) is 4.78 Å². The topological polar surface area (TPSA) is 87.0 Å². The minimum Gasteiger partial charge on any atom is -0.345 e. The minimum absolute atomic E-state index is 0.0699. The van der Waals surface area contributed by atoms with Gasteiger partial charge in [0.2, 0.25) is 0 Å². The van der Waals surface area contributed by atoms with E-state index in [4.69, 9.17) is 16.4 Å². The van der Waals surface area contributed by atoms with Crippen molar-refractivity contribution >= 4 is 33.1 Å². The van der Waals surface area contributed by atoms with Gasteiger partial charge < -0.3 is 9.88 Å². The lowest BCUT2D eigenvalue weighted by Gasteiger charge is -2.20. The summed E-state index contributed by atoms with van der Waals surface area (Å²) in [5.41, 5.74) is 1.32. The fourth-order valence-electron chi connectivity index (χ4n) is 3.30. The molecule has 0 spiro atoms. The Hall–Kier alpha value is -1.90. The summed E-state index contributed by atoms with van der Waals surface area (Å²) in [4.78, 5) is 13.2. The van der Waals surface area contributed by atoms with Crippen LogP contribution in [0.2, 0.25) is 5.02 Å². The molecule has 0 fully saturated rings. The van der Waals surface area contributed by atoms with Crippen molar-refractivity contribution in [2.75, 3.05) is 5.32 Å². The van der Waals surface area contributed by atoms with Crippen LogP contribution in [0.4, 0.5) is 10.1 Å². The van der Waals surface area contributed by atoms with Crippen LogP contribution in [0.3, 0.4) is 0 Å². The third-order valence-electron chi connectivity index (χ3n) is 4.78. The van der Waals surface area contributed by atoms with Gasteiger partial charge in [-0.25, -0.2) is 18.1 Å². The van der Waals surface area contributed by atoms with Crippen LogP contribution in [-0.2, 0) is 23.4 Å². The number of carbonyl (C=O) groups excluding carboxylic acids is 1. The molecule has 0 saturated heterocycles. The van der Waals surface area contributed by atoms with Crippen molar-refractivity contribution in [2.45, 2.75) is 37.6 Å². The Balaban J connectivity index is 1.97. The zero-order chi connectivity index (χ0) is 19.9. The van der Waals surface area contributed by atoms with Crippen LogP contribution in [0.1, 0.15) is 36.3 Å². The first-order chi connectivity index (χ1) is 12.6. The number of amides is 1. The molecule has 0 aliphatic carbocycles. The summed E-state index contributed by atoms with van der Waals surface area (Å²) in [5, 5.41) is 2.61. The normalized spacial score (nSPS) is 22.4. The Morgan fingerprint density at radius 1 is 1.48 bits per heavy atom. The molecule has 2 aromatic rings. The highest BCUT2D eigenvalue weighted by molar-refractivity contribution is 7.90. The van der Waals surface area contributed by atoms with Gasteiger partial charge in [-0.2, -0.15) is 0 Å². The molecule has 3 N–H and O–H groups in total. The van der Waals surface area contributed by atoms with Gasteiger partial charge in [0.05, 0.1) is 9.92 Å². The quantitative estimate of drug-likeness (QED) is 0.712. The van der Waals surface area contributed by atoms with E-state index in [1.165, 1.54) is 18.2 Å². The molecule has 3 rings (SSSR count). The van der Waals surface area contributed by atoms with Gasteiger partial charge in [-0.15, -0.1) is 0 Å². The number of carbonyl (C=O) groups is 1. The highest BCUT2D eigenvalue weighted by atomic mass is 35.5. The summed E-state index contributed by atoms with van der Waals surface area (Å²) in [6.45, 7) is 4.02. The van der Waals surface area contributed by atoms with E-state index in [2.05, 4.69) is 10.0 Å². The molecule has 27 heavy (non-hydrogen) atoms. The number of fused-ring (bicyclic) bond motifs is 1. The second-order valence-corrected chi connectivity index (χ2v) is 9.27. The molecule has 2 atom stereocenters. The molecule has 1 aromatic carbocycles. The van der Waals surface area contributed by atoms with E-state index in [-0.39, 0.29) is 17.0 Å². The smallest absolute Gasteiger partial charge is 0.272 e.